The Morgan fingerprint density at radius 1 is 0.923 bits per heavy atom. The molecule has 2 unspecified atom stereocenters. The van der Waals surface area contributed by atoms with Crippen LogP contribution >= 0.6 is 0 Å². The molecule has 0 spiro atoms. The fourth-order valence-corrected chi connectivity index (χ4v) is 4.78. The molecule has 0 bridgehead atoms. The molecule has 0 saturated heterocycles. The zero-order valence-corrected chi connectivity index (χ0v) is 24.7. The highest BCUT2D eigenvalue weighted by molar-refractivity contribution is 5.78. The van der Waals surface area contributed by atoms with E-state index in [1.165, 1.54) is 0 Å². The van der Waals surface area contributed by atoms with E-state index in [1.807, 2.05) is 56.3 Å². The van der Waals surface area contributed by atoms with Gasteiger partial charge in [-0.1, -0.05) is 64.1 Å². The van der Waals surface area contributed by atoms with Crippen LogP contribution in [0.2, 0.25) is 0 Å². The number of benzene rings is 2. The Labute approximate surface area is 235 Å². The third-order valence-corrected chi connectivity index (χ3v) is 7.43. The first-order valence-electron chi connectivity index (χ1n) is 14.2. The summed E-state index contributed by atoms with van der Waals surface area (Å²) in [5.41, 5.74) is 8.74. The highest BCUT2D eigenvalue weighted by Crippen LogP contribution is 2.31. The average Bonchev–Trinajstić information content (AvgIpc) is 2.92. The Balaban J connectivity index is 2.00. The van der Waals surface area contributed by atoms with Crippen molar-refractivity contribution < 1.29 is 24.1 Å². The molecule has 0 radical (unpaired) electrons. The number of carbonyl (C=O) groups is 1. The van der Waals surface area contributed by atoms with Gasteiger partial charge in [0.2, 0.25) is 5.91 Å². The molecule has 7 nitrogen and oxygen atoms in total. The molecule has 0 fully saturated rings. The fourth-order valence-electron chi connectivity index (χ4n) is 4.78. The van der Waals surface area contributed by atoms with Gasteiger partial charge in [-0.15, -0.1) is 0 Å². The lowest BCUT2D eigenvalue weighted by atomic mass is 9.81. The van der Waals surface area contributed by atoms with E-state index in [9.17, 15) is 9.90 Å². The number of aliphatic hydroxyl groups is 1. The second kappa shape index (κ2) is 17.2. The van der Waals surface area contributed by atoms with Gasteiger partial charge in [-0.3, -0.25) is 4.79 Å². The number of ether oxygens (including phenoxy) is 3. The Bertz CT molecular complexity index is 966. The van der Waals surface area contributed by atoms with Crippen LogP contribution in [0.1, 0.15) is 58.1 Å². The minimum absolute atomic E-state index is 0.0447. The normalized spacial score (nSPS) is 14.6. The van der Waals surface area contributed by atoms with E-state index < -0.39 is 12.1 Å². The molecule has 0 aromatic heterocycles. The first kappa shape index (κ1) is 32.6. The summed E-state index contributed by atoms with van der Waals surface area (Å²) in [5.74, 6) is 1.78. The van der Waals surface area contributed by atoms with E-state index in [0.29, 0.717) is 44.3 Å². The highest BCUT2D eigenvalue weighted by Gasteiger charge is 2.29. The minimum Gasteiger partial charge on any atom is -0.493 e. The van der Waals surface area contributed by atoms with E-state index in [0.717, 1.165) is 29.7 Å². The summed E-state index contributed by atoms with van der Waals surface area (Å²) in [6.07, 6.45) is 1.84. The number of amides is 1. The SMILES string of the molecule is COCCCOc1cc(C[C@@H](CC(N)C(O)C[C@H](C(=O)NCc2ccccc2)C(C)C)C(C)C)ccc1OC. The molecule has 1 amide bonds. The summed E-state index contributed by atoms with van der Waals surface area (Å²) in [5, 5.41) is 14.1. The number of nitrogens with one attached hydrogen (secondary N) is 1. The van der Waals surface area contributed by atoms with Gasteiger partial charge in [-0.2, -0.15) is 0 Å². The largest absolute Gasteiger partial charge is 0.493 e. The van der Waals surface area contributed by atoms with Gasteiger partial charge >= 0.3 is 0 Å². The summed E-state index contributed by atoms with van der Waals surface area (Å²) in [6, 6.07) is 15.4. The number of rotatable bonds is 18. The van der Waals surface area contributed by atoms with Crippen LogP contribution in [-0.2, 0) is 22.5 Å². The van der Waals surface area contributed by atoms with Gasteiger partial charge in [0.1, 0.15) is 0 Å². The zero-order valence-electron chi connectivity index (χ0n) is 24.7. The lowest BCUT2D eigenvalue weighted by Gasteiger charge is -2.30. The van der Waals surface area contributed by atoms with Gasteiger partial charge in [0.25, 0.3) is 0 Å². The molecule has 4 N–H and O–H groups in total. The van der Waals surface area contributed by atoms with E-state index in [-0.39, 0.29) is 23.7 Å². The van der Waals surface area contributed by atoms with Crippen LogP contribution in [-0.4, -0.2) is 50.6 Å². The summed E-state index contributed by atoms with van der Waals surface area (Å²) < 4.78 is 16.6. The van der Waals surface area contributed by atoms with Crippen molar-refractivity contribution in [3.05, 3.63) is 59.7 Å². The lowest BCUT2D eigenvalue weighted by Crippen LogP contribution is -2.42. The van der Waals surface area contributed by atoms with Crippen LogP contribution in [0.3, 0.4) is 0 Å². The minimum atomic E-state index is -0.767. The molecular weight excluding hydrogens is 492 g/mol. The molecule has 0 heterocycles. The van der Waals surface area contributed by atoms with Gasteiger partial charge in [-0.05, 0) is 60.3 Å². The first-order chi connectivity index (χ1) is 18.7. The van der Waals surface area contributed by atoms with Crippen molar-refractivity contribution in [1.29, 1.82) is 0 Å². The van der Waals surface area contributed by atoms with Gasteiger partial charge < -0.3 is 30.4 Å². The van der Waals surface area contributed by atoms with E-state index in [1.54, 1.807) is 14.2 Å². The van der Waals surface area contributed by atoms with Crippen LogP contribution in [0.4, 0.5) is 0 Å². The predicted octanol–water partition coefficient (Wildman–Crippen LogP) is 4.98. The topological polar surface area (TPSA) is 103 Å². The standard InChI is InChI=1S/C32H50N2O5/c1-22(2)26(17-25-13-14-30(38-6)31(18-25)39-16-10-15-37-5)19-28(33)29(35)20-27(23(3)4)32(36)34-21-24-11-8-7-9-12-24/h7-9,11-14,18,22-23,26-29,35H,10,15-17,19-21,33H2,1-6H3,(H,34,36)/t26-,27-,28?,29?/m0/s1. The molecule has 0 aliphatic heterocycles. The van der Waals surface area contributed by atoms with Gasteiger partial charge in [-0.25, -0.2) is 0 Å². The number of hydrogen-bond donors (Lipinski definition) is 3. The summed E-state index contributed by atoms with van der Waals surface area (Å²) in [4.78, 5) is 13.0. The Morgan fingerprint density at radius 2 is 1.64 bits per heavy atom. The Hall–Kier alpha value is -2.61. The van der Waals surface area contributed by atoms with Crippen LogP contribution < -0.4 is 20.5 Å². The Morgan fingerprint density at radius 3 is 2.26 bits per heavy atom. The molecule has 0 aliphatic carbocycles. The van der Waals surface area contributed by atoms with E-state index >= 15 is 0 Å². The number of aliphatic hydroxyl groups excluding tert-OH is 1. The number of nitrogens with two attached hydrogens (primary N) is 1. The summed E-state index contributed by atoms with van der Waals surface area (Å²) in [7, 11) is 3.32. The molecule has 4 atom stereocenters. The molecule has 0 saturated carbocycles. The molecule has 218 valence electrons. The molecule has 7 heteroatoms. The maximum Gasteiger partial charge on any atom is 0.223 e. The summed E-state index contributed by atoms with van der Waals surface area (Å²) in [6.45, 7) is 10.1. The highest BCUT2D eigenvalue weighted by atomic mass is 16.5. The molecule has 2 aromatic carbocycles. The fraction of sp³-hybridized carbons (Fsp3) is 0.594. The third kappa shape index (κ3) is 11.2. The summed E-state index contributed by atoms with van der Waals surface area (Å²) >= 11 is 0. The van der Waals surface area contributed by atoms with Crippen molar-refractivity contribution in [3.8, 4) is 11.5 Å². The number of methoxy groups -OCH3 is 2. The quantitative estimate of drug-likeness (QED) is 0.230. The zero-order chi connectivity index (χ0) is 28.8. The maximum atomic E-state index is 13.0. The maximum absolute atomic E-state index is 13.0. The second-order valence-corrected chi connectivity index (χ2v) is 11.1. The average molecular weight is 543 g/mol. The second-order valence-electron chi connectivity index (χ2n) is 11.1. The van der Waals surface area contributed by atoms with Crippen LogP contribution in [0, 0.1) is 23.7 Å². The van der Waals surface area contributed by atoms with Crippen molar-refractivity contribution in [2.75, 3.05) is 27.4 Å². The smallest absolute Gasteiger partial charge is 0.223 e. The third-order valence-electron chi connectivity index (χ3n) is 7.43. The van der Waals surface area contributed by atoms with Gasteiger partial charge in [0, 0.05) is 38.6 Å². The van der Waals surface area contributed by atoms with Crippen LogP contribution in [0.5, 0.6) is 11.5 Å². The number of carbonyl (C=O) groups excluding carboxylic acids is 1. The van der Waals surface area contributed by atoms with Crippen molar-refractivity contribution in [2.24, 2.45) is 29.4 Å². The van der Waals surface area contributed by atoms with Crippen molar-refractivity contribution in [1.82, 2.24) is 5.32 Å². The molecule has 0 aliphatic rings. The molecule has 2 rings (SSSR count). The predicted molar refractivity (Wildman–Crippen MR) is 157 cm³/mol. The van der Waals surface area contributed by atoms with Crippen molar-refractivity contribution in [2.45, 2.75) is 72.1 Å². The molecule has 39 heavy (non-hydrogen) atoms. The van der Waals surface area contributed by atoms with E-state index in [4.69, 9.17) is 19.9 Å². The monoisotopic (exact) mass is 542 g/mol. The molecular formula is C32H50N2O5. The van der Waals surface area contributed by atoms with Crippen molar-refractivity contribution in [3.63, 3.8) is 0 Å². The number of hydrogen-bond acceptors (Lipinski definition) is 6. The van der Waals surface area contributed by atoms with E-state index in [2.05, 4.69) is 25.2 Å². The van der Waals surface area contributed by atoms with Gasteiger partial charge in [0.05, 0.1) is 19.8 Å². The van der Waals surface area contributed by atoms with Crippen molar-refractivity contribution >= 4 is 5.91 Å². The first-order valence-corrected chi connectivity index (χ1v) is 14.2. The molecule has 2 aromatic rings. The van der Waals surface area contributed by atoms with Crippen LogP contribution in [0.25, 0.3) is 0 Å². The lowest BCUT2D eigenvalue weighted by molar-refractivity contribution is -0.127. The Kier molecular flexibility index (Phi) is 14.3. The van der Waals surface area contributed by atoms with Crippen LogP contribution in [0.15, 0.2) is 48.5 Å². The van der Waals surface area contributed by atoms with Gasteiger partial charge in [0.15, 0.2) is 11.5 Å².